The topological polar surface area (TPSA) is 61.9 Å². The Morgan fingerprint density at radius 1 is 0.800 bits per heavy atom. The van der Waals surface area contributed by atoms with Crippen LogP contribution in [0.1, 0.15) is 11.3 Å². The van der Waals surface area contributed by atoms with Crippen LogP contribution in [0.2, 0.25) is 0 Å². The molecule has 4 nitrogen and oxygen atoms in total. The van der Waals surface area contributed by atoms with E-state index in [0.717, 1.165) is 22.8 Å². The van der Waals surface area contributed by atoms with Crippen molar-refractivity contribution in [2.24, 2.45) is 0 Å². The zero-order valence-electron chi connectivity index (χ0n) is 16.3. The van der Waals surface area contributed by atoms with Crippen LogP contribution < -0.4 is 5.32 Å². The lowest BCUT2D eigenvalue weighted by Gasteiger charge is -2.07. The number of hydrogen-bond donors (Lipinski definition) is 1. The number of rotatable bonds is 5. The lowest BCUT2D eigenvalue weighted by Crippen LogP contribution is -2.05. The summed E-state index contributed by atoms with van der Waals surface area (Å²) in [7, 11) is 0. The molecule has 5 aromatic rings. The fourth-order valence-corrected chi connectivity index (χ4v) is 3.86. The summed E-state index contributed by atoms with van der Waals surface area (Å²) in [5, 5.41) is 17.4. The average molecular weight is 389 g/mol. The molecule has 0 saturated heterocycles. The molecule has 30 heavy (non-hydrogen) atoms. The summed E-state index contributed by atoms with van der Waals surface area (Å²) in [6.45, 7) is 0.646. The molecule has 0 spiro atoms. The lowest BCUT2D eigenvalue weighted by atomic mass is 10.0. The van der Waals surface area contributed by atoms with Crippen LogP contribution in [0.5, 0.6) is 0 Å². The van der Waals surface area contributed by atoms with E-state index in [1.165, 1.54) is 16.3 Å². The van der Waals surface area contributed by atoms with E-state index < -0.39 is 0 Å². The first-order valence-electron chi connectivity index (χ1n) is 9.93. The second kappa shape index (κ2) is 7.73. The summed E-state index contributed by atoms with van der Waals surface area (Å²) in [6.07, 6.45) is 0.816. The third kappa shape index (κ3) is 3.27. The lowest BCUT2D eigenvalue weighted by molar-refractivity contribution is 0.586. The summed E-state index contributed by atoms with van der Waals surface area (Å²) in [6, 6.07) is 30.9. The van der Waals surface area contributed by atoms with Crippen LogP contribution in [-0.2, 0) is 6.42 Å². The molecule has 4 heteroatoms. The SMILES string of the molecule is N#Cc1nc(-c2cccc3ccccc23)oc1NCCc1cccc2ccccc12. The molecule has 1 heterocycles. The van der Waals surface area contributed by atoms with Crippen LogP contribution in [0, 0.1) is 11.3 Å². The van der Waals surface area contributed by atoms with Crippen LogP contribution in [0.15, 0.2) is 89.3 Å². The Kier molecular flexibility index (Phi) is 4.63. The third-order valence-electron chi connectivity index (χ3n) is 5.31. The zero-order valence-corrected chi connectivity index (χ0v) is 16.3. The van der Waals surface area contributed by atoms with Gasteiger partial charge in [0.05, 0.1) is 0 Å². The largest absolute Gasteiger partial charge is 0.419 e. The monoisotopic (exact) mass is 389 g/mol. The first kappa shape index (κ1) is 18.0. The van der Waals surface area contributed by atoms with E-state index in [2.05, 4.69) is 64.9 Å². The number of nitriles is 1. The molecule has 0 fully saturated rings. The molecular weight excluding hydrogens is 370 g/mol. The van der Waals surface area contributed by atoms with Crippen molar-refractivity contribution in [1.82, 2.24) is 4.98 Å². The summed E-state index contributed by atoms with van der Waals surface area (Å²) >= 11 is 0. The van der Waals surface area contributed by atoms with Gasteiger partial charge in [-0.25, -0.2) is 0 Å². The number of hydrogen-bond acceptors (Lipinski definition) is 4. The zero-order chi connectivity index (χ0) is 20.3. The molecular formula is C26H19N3O. The summed E-state index contributed by atoms with van der Waals surface area (Å²) in [5.74, 6) is 0.872. The van der Waals surface area contributed by atoms with Gasteiger partial charge >= 0.3 is 0 Å². The molecule has 0 unspecified atom stereocenters. The van der Waals surface area contributed by atoms with Gasteiger partial charge in [0.15, 0.2) is 0 Å². The van der Waals surface area contributed by atoms with Crippen molar-refractivity contribution in [1.29, 1.82) is 5.26 Å². The summed E-state index contributed by atoms with van der Waals surface area (Å²) in [5.41, 5.74) is 2.41. The Balaban J connectivity index is 1.40. The fraction of sp³-hybridized carbons (Fsp3) is 0.0769. The second-order valence-electron chi connectivity index (χ2n) is 7.15. The quantitative estimate of drug-likeness (QED) is 0.390. The molecule has 0 aliphatic rings. The molecule has 0 saturated carbocycles. The van der Waals surface area contributed by atoms with E-state index in [1.807, 2.05) is 36.4 Å². The minimum Gasteiger partial charge on any atom is -0.419 e. The van der Waals surface area contributed by atoms with Crippen molar-refractivity contribution in [2.75, 3.05) is 11.9 Å². The van der Waals surface area contributed by atoms with Gasteiger partial charge < -0.3 is 9.73 Å². The normalized spacial score (nSPS) is 10.9. The number of nitrogens with one attached hydrogen (secondary N) is 1. The van der Waals surface area contributed by atoms with E-state index in [0.29, 0.717) is 18.3 Å². The number of fused-ring (bicyclic) bond motifs is 2. The second-order valence-corrected chi connectivity index (χ2v) is 7.15. The molecule has 1 aromatic heterocycles. The number of anilines is 1. The molecule has 0 aliphatic heterocycles. The van der Waals surface area contributed by atoms with Crippen LogP contribution in [0.4, 0.5) is 5.88 Å². The average Bonchev–Trinajstić information content (AvgIpc) is 3.22. The molecule has 4 aromatic carbocycles. The minimum atomic E-state index is 0.274. The van der Waals surface area contributed by atoms with Crippen LogP contribution in [0.25, 0.3) is 33.0 Å². The van der Waals surface area contributed by atoms with Gasteiger partial charge in [0.2, 0.25) is 17.5 Å². The van der Waals surface area contributed by atoms with Gasteiger partial charge in [-0.05, 0) is 39.6 Å². The van der Waals surface area contributed by atoms with E-state index in [4.69, 9.17) is 4.42 Å². The highest BCUT2D eigenvalue weighted by molar-refractivity contribution is 5.95. The maximum Gasteiger partial charge on any atom is 0.232 e. The van der Waals surface area contributed by atoms with Gasteiger partial charge in [-0.2, -0.15) is 10.2 Å². The fourth-order valence-electron chi connectivity index (χ4n) is 3.86. The van der Waals surface area contributed by atoms with E-state index in [1.54, 1.807) is 0 Å². The van der Waals surface area contributed by atoms with Crippen molar-refractivity contribution in [2.45, 2.75) is 6.42 Å². The van der Waals surface area contributed by atoms with Gasteiger partial charge in [-0.3, -0.25) is 0 Å². The Labute approximate surface area is 174 Å². The standard InChI is InChI=1S/C26H19N3O/c27-17-24-26(28-16-15-20-10-5-9-18-7-1-3-12-21(18)20)30-25(29-24)23-14-6-11-19-8-2-4-13-22(19)23/h1-14,28H,15-16H2. The highest BCUT2D eigenvalue weighted by Gasteiger charge is 2.16. The van der Waals surface area contributed by atoms with E-state index in [9.17, 15) is 5.26 Å². The predicted octanol–water partition coefficient (Wildman–Crippen LogP) is 6.17. The summed E-state index contributed by atoms with van der Waals surface area (Å²) < 4.78 is 5.98. The van der Waals surface area contributed by atoms with Gasteiger partial charge in [0, 0.05) is 12.1 Å². The third-order valence-corrected chi connectivity index (χ3v) is 5.31. The minimum absolute atomic E-state index is 0.274. The van der Waals surface area contributed by atoms with Crippen LogP contribution >= 0.6 is 0 Å². The first-order valence-corrected chi connectivity index (χ1v) is 9.93. The number of aromatic nitrogens is 1. The Morgan fingerprint density at radius 2 is 1.47 bits per heavy atom. The Bertz CT molecular complexity index is 1380. The van der Waals surface area contributed by atoms with Crippen molar-refractivity contribution < 1.29 is 4.42 Å². The molecule has 5 rings (SSSR count). The van der Waals surface area contributed by atoms with E-state index >= 15 is 0 Å². The number of benzene rings is 4. The molecule has 0 atom stereocenters. The van der Waals surface area contributed by atoms with Crippen molar-refractivity contribution >= 4 is 27.4 Å². The Morgan fingerprint density at radius 3 is 2.27 bits per heavy atom. The first-order chi connectivity index (χ1) is 14.8. The van der Waals surface area contributed by atoms with Crippen molar-refractivity contribution in [3.05, 3.63) is 96.2 Å². The highest BCUT2D eigenvalue weighted by Crippen LogP contribution is 2.31. The smallest absolute Gasteiger partial charge is 0.232 e. The molecule has 0 bridgehead atoms. The van der Waals surface area contributed by atoms with Crippen LogP contribution in [-0.4, -0.2) is 11.5 Å². The van der Waals surface area contributed by atoms with Gasteiger partial charge in [-0.15, -0.1) is 0 Å². The number of oxazole rings is 1. The molecule has 144 valence electrons. The van der Waals surface area contributed by atoms with Gasteiger partial charge in [0.25, 0.3) is 0 Å². The maximum atomic E-state index is 9.54. The van der Waals surface area contributed by atoms with E-state index in [-0.39, 0.29) is 5.69 Å². The van der Waals surface area contributed by atoms with Gasteiger partial charge in [0.1, 0.15) is 6.07 Å². The molecule has 0 amide bonds. The Hall–Kier alpha value is -4.10. The molecule has 1 N–H and O–H groups in total. The number of nitrogens with zero attached hydrogens (tertiary/aromatic N) is 2. The summed E-state index contributed by atoms with van der Waals surface area (Å²) in [4.78, 5) is 4.43. The van der Waals surface area contributed by atoms with Crippen LogP contribution in [0.3, 0.4) is 0 Å². The van der Waals surface area contributed by atoms with Gasteiger partial charge in [-0.1, -0.05) is 78.9 Å². The molecule has 0 radical (unpaired) electrons. The van der Waals surface area contributed by atoms with Crippen molar-refractivity contribution in [3.63, 3.8) is 0 Å². The predicted molar refractivity (Wildman–Crippen MR) is 120 cm³/mol. The van der Waals surface area contributed by atoms with Crippen molar-refractivity contribution in [3.8, 4) is 17.5 Å². The maximum absolute atomic E-state index is 9.54. The molecule has 0 aliphatic carbocycles. The highest BCUT2D eigenvalue weighted by atomic mass is 16.4.